The van der Waals surface area contributed by atoms with E-state index >= 15 is 0 Å². The van der Waals surface area contributed by atoms with Gasteiger partial charge in [0.15, 0.2) is 0 Å². The summed E-state index contributed by atoms with van der Waals surface area (Å²) in [5.74, 6) is -0.302. The van der Waals surface area contributed by atoms with Gasteiger partial charge in [-0.25, -0.2) is 4.79 Å². The molecule has 94 valence electrons. The second-order valence-corrected chi connectivity index (χ2v) is 4.24. The molecule has 6 nitrogen and oxygen atoms in total. The Balaban J connectivity index is 0. The maximum atomic E-state index is 10.9. The van der Waals surface area contributed by atoms with Gasteiger partial charge >= 0.3 is 5.97 Å². The molecular weight excluding hydrogens is 220 g/mol. The van der Waals surface area contributed by atoms with E-state index in [4.69, 9.17) is 15.4 Å². The molecule has 0 radical (unpaired) electrons. The minimum atomic E-state index is -0.302. The highest BCUT2D eigenvalue weighted by atomic mass is 16.5. The average molecular weight is 238 g/mol. The van der Waals surface area contributed by atoms with Crippen LogP contribution in [0.15, 0.2) is 17.1 Å². The number of hydrogen-bond acceptors (Lipinski definition) is 4. The van der Waals surface area contributed by atoms with E-state index in [9.17, 15) is 4.79 Å². The summed E-state index contributed by atoms with van der Waals surface area (Å²) in [5, 5.41) is 14.9. The molecule has 0 aromatic heterocycles. The number of aliphatic imine (C=N–C) groups is 1. The van der Waals surface area contributed by atoms with E-state index in [0.29, 0.717) is 12.2 Å². The van der Waals surface area contributed by atoms with Gasteiger partial charge in [0.2, 0.25) is 0 Å². The van der Waals surface area contributed by atoms with Crippen LogP contribution in [-0.2, 0) is 9.53 Å². The molecule has 0 rings (SSSR count). The zero-order chi connectivity index (χ0) is 13.9. The molecule has 0 heterocycles. The lowest BCUT2D eigenvalue weighted by atomic mass is 10.4. The Hall–Kier alpha value is -1.96. The van der Waals surface area contributed by atoms with Crippen LogP contribution < -0.4 is 0 Å². The number of carbonyl (C=O) groups is 1. The number of esters is 1. The van der Waals surface area contributed by atoms with E-state index in [1.54, 1.807) is 6.92 Å². The number of carbonyl (C=O) groups excluding carboxylic acids is 1. The lowest BCUT2D eigenvalue weighted by Gasteiger charge is -2.23. The summed E-state index contributed by atoms with van der Waals surface area (Å²) in [4.78, 5) is 13.5. The fourth-order valence-electron chi connectivity index (χ4n) is 0.558. The molecule has 0 saturated carbocycles. The van der Waals surface area contributed by atoms with Crippen LogP contribution in [0.3, 0.4) is 0 Å². The lowest BCUT2D eigenvalue weighted by molar-refractivity contribution is -0.870. The van der Waals surface area contributed by atoms with Crippen LogP contribution in [-0.4, -0.2) is 50.8 Å². The molecule has 0 amide bonds. The highest BCUT2D eigenvalue weighted by Gasteiger charge is 2.09. The zero-order valence-electron chi connectivity index (χ0n) is 10.7. The van der Waals surface area contributed by atoms with Gasteiger partial charge in [-0.1, -0.05) is 6.58 Å². The summed E-state index contributed by atoms with van der Waals surface area (Å²) in [6.07, 6.45) is 1.28. The van der Waals surface area contributed by atoms with Crippen LogP contribution in [0, 0.1) is 11.5 Å². The minimum absolute atomic E-state index is 0.302. The van der Waals surface area contributed by atoms with Crippen LogP contribution >= 0.6 is 0 Å². The first-order valence-electron chi connectivity index (χ1n) is 4.85. The molecule has 0 bridgehead atoms. The van der Waals surface area contributed by atoms with Crippen molar-refractivity contribution in [2.75, 3.05) is 34.3 Å². The third kappa shape index (κ3) is 16.7. The first-order valence-corrected chi connectivity index (χ1v) is 4.85. The van der Waals surface area contributed by atoms with E-state index < -0.39 is 0 Å². The summed E-state index contributed by atoms with van der Waals surface area (Å²) in [6, 6.07) is 1.28. The molecule has 0 unspecified atom stereocenters. The molecule has 0 aromatic carbocycles. The molecule has 0 spiro atoms. The van der Waals surface area contributed by atoms with Crippen molar-refractivity contribution < 1.29 is 14.0 Å². The summed E-state index contributed by atoms with van der Waals surface area (Å²) in [6.45, 7) is 6.41. The fraction of sp³-hybridized carbons (Fsp3) is 0.545. The largest absolute Gasteiger partial charge is 0.456 e. The van der Waals surface area contributed by atoms with Gasteiger partial charge in [0.1, 0.15) is 13.2 Å². The SMILES string of the molecule is C=C(C)C(=O)OCC[N+](C)(C)C.N#CN=C=[N-]. The summed E-state index contributed by atoms with van der Waals surface area (Å²) in [5.41, 5.74) is 0.455. The highest BCUT2D eigenvalue weighted by Crippen LogP contribution is 1.94. The lowest BCUT2D eigenvalue weighted by Crippen LogP contribution is -2.38. The van der Waals surface area contributed by atoms with Gasteiger partial charge in [0, 0.05) is 5.57 Å². The molecule has 0 aromatic rings. The van der Waals surface area contributed by atoms with E-state index in [-0.39, 0.29) is 5.97 Å². The normalized spacial score (nSPS) is 8.88. The van der Waals surface area contributed by atoms with Crippen LogP contribution in [0.5, 0.6) is 0 Å². The van der Waals surface area contributed by atoms with Crippen molar-refractivity contribution in [1.29, 1.82) is 5.26 Å². The molecule has 0 aliphatic heterocycles. The summed E-state index contributed by atoms with van der Waals surface area (Å²) in [7, 11) is 6.15. The van der Waals surface area contributed by atoms with Crippen molar-refractivity contribution >= 4 is 12.0 Å². The van der Waals surface area contributed by atoms with Crippen molar-refractivity contribution in [2.24, 2.45) is 4.99 Å². The van der Waals surface area contributed by atoms with E-state index in [2.05, 4.69) is 32.7 Å². The quantitative estimate of drug-likeness (QED) is 0.241. The van der Waals surface area contributed by atoms with E-state index in [1.165, 1.54) is 12.2 Å². The predicted molar refractivity (Wildman–Crippen MR) is 65.1 cm³/mol. The van der Waals surface area contributed by atoms with Crippen LogP contribution in [0.1, 0.15) is 6.92 Å². The molecule has 6 heteroatoms. The number of ether oxygens (including phenoxy) is 1. The first kappa shape index (κ1) is 17.4. The Labute approximate surface area is 102 Å². The van der Waals surface area contributed by atoms with Crippen LogP contribution in [0.2, 0.25) is 0 Å². The van der Waals surface area contributed by atoms with Gasteiger partial charge in [0.05, 0.1) is 27.3 Å². The summed E-state index contributed by atoms with van der Waals surface area (Å²) >= 11 is 0. The Morgan fingerprint density at radius 2 is 2.06 bits per heavy atom. The zero-order valence-corrected chi connectivity index (χ0v) is 10.7. The third-order valence-corrected chi connectivity index (χ3v) is 1.44. The van der Waals surface area contributed by atoms with Crippen LogP contribution in [0.4, 0.5) is 0 Å². The summed E-state index contributed by atoms with van der Waals surface area (Å²) < 4.78 is 5.72. The number of hydrogen-bond donors (Lipinski definition) is 0. The molecule has 0 N–H and O–H groups in total. The third-order valence-electron chi connectivity index (χ3n) is 1.44. The highest BCUT2D eigenvalue weighted by molar-refractivity contribution is 5.86. The van der Waals surface area contributed by atoms with Gasteiger partial charge < -0.3 is 19.6 Å². The molecular formula is C11H18N4O2. The molecule has 0 aliphatic carbocycles. The minimum Gasteiger partial charge on any atom is -0.456 e. The molecule has 17 heavy (non-hydrogen) atoms. The van der Waals surface area contributed by atoms with Crippen molar-refractivity contribution in [3.8, 4) is 6.19 Å². The van der Waals surface area contributed by atoms with Gasteiger partial charge in [-0.2, -0.15) is 5.26 Å². The van der Waals surface area contributed by atoms with E-state index in [0.717, 1.165) is 11.0 Å². The van der Waals surface area contributed by atoms with Crippen molar-refractivity contribution in [3.63, 3.8) is 0 Å². The monoisotopic (exact) mass is 238 g/mol. The Kier molecular flexibility index (Phi) is 9.52. The maximum Gasteiger partial charge on any atom is 0.333 e. The number of nitriles is 1. The van der Waals surface area contributed by atoms with Gasteiger partial charge in [-0.3, -0.25) is 0 Å². The Bertz CT molecular complexity index is 343. The number of quaternary nitrogens is 1. The smallest absolute Gasteiger partial charge is 0.333 e. The fourth-order valence-corrected chi connectivity index (χ4v) is 0.558. The maximum absolute atomic E-state index is 10.9. The molecule has 0 aliphatic rings. The standard InChI is InChI=1S/C9H18NO2.C2N3/c1-8(2)9(11)12-7-6-10(3,4)5;3-1-5-2-4/h1,6-7H2,2-5H3;/q+1;-1. The number of rotatable bonds is 4. The number of nitrogens with zero attached hydrogens (tertiary/aromatic N) is 4. The van der Waals surface area contributed by atoms with Gasteiger partial charge in [-0.15, -0.1) is 6.01 Å². The average Bonchev–Trinajstić information content (AvgIpc) is 2.17. The predicted octanol–water partition coefficient (Wildman–Crippen LogP) is 1.02. The first-order chi connectivity index (χ1) is 7.74. The van der Waals surface area contributed by atoms with Crippen molar-refractivity contribution in [1.82, 2.24) is 0 Å². The topological polar surface area (TPSA) is 84.8 Å². The Morgan fingerprint density at radius 1 is 1.53 bits per heavy atom. The Morgan fingerprint density at radius 3 is 2.29 bits per heavy atom. The van der Waals surface area contributed by atoms with Crippen LogP contribution in [0.25, 0.3) is 5.41 Å². The van der Waals surface area contributed by atoms with Crippen molar-refractivity contribution in [3.05, 3.63) is 17.6 Å². The van der Waals surface area contributed by atoms with Crippen molar-refractivity contribution in [2.45, 2.75) is 6.92 Å². The second kappa shape index (κ2) is 9.28. The molecule has 0 atom stereocenters. The van der Waals surface area contributed by atoms with E-state index in [1.807, 2.05) is 0 Å². The second-order valence-electron chi connectivity index (χ2n) is 4.24. The molecule has 0 saturated heterocycles. The number of likely N-dealkylation sites (N-methyl/N-ethyl adjacent to an activating group) is 1. The molecule has 0 fully saturated rings. The van der Waals surface area contributed by atoms with Gasteiger partial charge in [0.25, 0.3) is 0 Å². The van der Waals surface area contributed by atoms with Gasteiger partial charge in [-0.05, 0) is 6.92 Å².